The third-order valence-electron chi connectivity index (χ3n) is 3.65. The minimum atomic E-state index is -0.131. The third-order valence-corrected chi connectivity index (χ3v) is 5.03. The Balaban J connectivity index is 1.35. The highest BCUT2D eigenvalue weighted by molar-refractivity contribution is 7.99. The van der Waals surface area contributed by atoms with Crippen molar-refractivity contribution in [2.75, 3.05) is 25.5 Å². The molecule has 0 spiro atoms. The van der Waals surface area contributed by atoms with E-state index in [2.05, 4.69) is 10.5 Å². The van der Waals surface area contributed by atoms with Crippen LogP contribution in [-0.4, -0.2) is 41.8 Å². The summed E-state index contributed by atoms with van der Waals surface area (Å²) in [5, 5.41) is 7.41. The molecular formula is C14H20N2O3S. The lowest BCUT2D eigenvalue weighted by Gasteiger charge is -2.21. The first-order chi connectivity index (χ1) is 9.83. The van der Waals surface area contributed by atoms with Crippen LogP contribution in [0.3, 0.4) is 0 Å². The van der Waals surface area contributed by atoms with Gasteiger partial charge in [0.25, 0.3) is 5.91 Å². The fourth-order valence-electron chi connectivity index (χ4n) is 2.28. The van der Waals surface area contributed by atoms with Crippen LogP contribution >= 0.6 is 11.8 Å². The van der Waals surface area contributed by atoms with E-state index in [0.717, 1.165) is 50.4 Å². The minimum Gasteiger partial charge on any atom is -0.381 e. The Kier molecular flexibility index (Phi) is 4.62. The predicted octanol–water partition coefficient (Wildman–Crippen LogP) is 2.19. The maximum atomic E-state index is 11.9. The lowest BCUT2D eigenvalue weighted by atomic mass is 10.2. The number of rotatable bonds is 6. The van der Waals surface area contributed by atoms with Crippen molar-refractivity contribution >= 4 is 17.7 Å². The minimum absolute atomic E-state index is 0.131. The summed E-state index contributed by atoms with van der Waals surface area (Å²) >= 11 is 1.92. The van der Waals surface area contributed by atoms with Gasteiger partial charge in [-0.25, -0.2) is 0 Å². The number of hydrogen-bond donors (Lipinski definition) is 1. The molecule has 6 heteroatoms. The smallest absolute Gasteiger partial charge is 0.273 e. The van der Waals surface area contributed by atoms with E-state index in [0.29, 0.717) is 23.4 Å². The first-order valence-corrected chi connectivity index (χ1v) is 8.32. The maximum Gasteiger partial charge on any atom is 0.273 e. The second-order valence-electron chi connectivity index (χ2n) is 5.33. The Morgan fingerprint density at radius 2 is 2.15 bits per heavy atom. The molecule has 5 nitrogen and oxygen atoms in total. The van der Waals surface area contributed by atoms with E-state index in [1.165, 1.54) is 0 Å². The van der Waals surface area contributed by atoms with Gasteiger partial charge in [0.05, 0.1) is 0 Å². The molecule has 1 aliphatic heterocycles. The molecule has 2 fully saturated rings. The van der Waals surface area contributed by atoms with Crippen molar-refractivity contribution in [3.05, 3.63) is 17.5 Å². The molecule has 1 aliphatic carbocycles. The van der Waals surface area contributed by atoms with E-state index in [9.17, 15) is 4.79 Å². The molecule has 0 bridgehead atoms. The average Bonchev–Trinajstić information content (AvgIpc) is 3.22. The van der Waals surface area contributed by atoms with Crippen LogP contribution in [0.15, 0.2) is 10.6 Å². The number of nitrogens with zero attached hydrogens (tertiary/aromatic N) is 1. The molecule has 1 aromatic rings. The van der Waals surface area contributed by atoms with Gasteiger partial charge >= 0.3 is 0 Å². The van der Waals surface area contributed by atoms with Gasteiger partial charge in [0.2, 0.25) is 0 Å². The zero-order chi connectivity index (χ0) is 13.8. The standard InChI is InChI=1S/C14H20N2O3S/c17-14(12-9-13(19-16-12)10-1-2-10)15-5-8-20-11-3-6-18-7-4-11/h9-11H,1-8H2,(H,15,17). The fraction of sp³-hybridized carbons (Fsp3) is 0.714. The topological polar surface area (TPSA) is 64.4 Å². The summed E-state index contributed by atoms with van der Waals surface area (Å²) in [7, 11) is 0. The molecule has 0 radical (unpaired) electrons. The highest BCUT2D eigenvalue weighted by atomic mass is 32.2. The van der Waals surface area contributed by atoms with Gasteiger partial charge in [-0.1, -0.05) is 5.16 Å². The molecule has 1 saturated carbocycles. The molecule has 1 saturated heterocycles. The molecule has 1 aromatic heterocycles. The van der Waals surface area contributed by atoms with Crippen molar-refractivity contribution in [2.45, 2.75) is 36.9 Å². The summed E-state index contributed by atoms with van der Waals surface area (Å²) in [5.74, 6) is 2.15. The van der Waals surface area contributed by atoms with Gasteiger partial charge in [-0.3, -0.25) is 4.79 Å². The molecule has 0 unspecified atom stereocenters. The second-order valence-corrected chi connectivity index (χ2v) is 6.74. The average molecular weight is 296 g/mol. The van der Waals surface area contributed by atoms with E-state index in [4.69, 9.17) is 9.26 Å². The fourth-order valence-corrected chi connectivity index (χ4v) is 3.36. The number of carbonyl (C=O) groups excluding carboxylic acids is 1. The first kappa shape index (κ1) is 13.9. The van der Waals surface area contributed by atoms with Gasteiger partial charge < -0.3 is 14.6 Å². The summed E-state index contributed by atoms with van der Waals surface area (Å²) in [4.78, 5) is 11.9. The number of thioether (sulfide) groups is 1. The number of ether oxygens (including phenoxy) is 1. The van der Waals surface area contributed by atoms with Crippen molar-refractivity contribution in [3.63, 3.8) is 0 Å². The monoisotopic (exact) mass is 296 g/mol. The summed E-state index contributed by atoms with van der Waals surface area (Å²) in [5.41, 5.74) is 0.406. The Hall–Kier alpha value is -1.01. The van der Waals surface area contributed by atoms with E-state index in [1.807, 2.05) is 11.8 Å². The maximum absolute atomic E-state index is 11.9. The molecule has 0 aromatic carbocycles. The molecular weight excluding hydrogens is 276 g/mol. The molecule has 2 aliphatic rings. The summed E-state index contributed by atoms with van der Waals surface area (Å²) in [6, 6.07) is 1.78. The van der Waals surface area contributed by atoms with E-state index < -0.39 is 0 Å². The van der Waals surface area contributed by atoms with Crippen molar-refractivity contribution in [3.8, 4) is 0 Å². The number of aromatic nitrogens is 1. The number of amides is 1. The van der Waals surface area contributed by atoms with Crippen LogP contribution in [0.25, 0.3) is 0 Å². The van der Waals surface area contributed by atoms with E-state index >= 15 is 0 Å². The van der Waals surface area contributed by atoms with Crippen molar-refractivity contribution in [1.82, 2.24) is 10.5 Å². The third kappa shape index (κ3) is 3.76. The van der Waals surface area contributed by atoms with Crippen LogP contribution in [0.4, 0.5) is 0 Å². The SMILES string of the molecule is O=C(NCCSC1CCOCC1)c1cc(C2CC2)on1. The Bertz CT molecular complexity index is 453. The highest BCUT2D eigenvalue weighted by Crippen LogP contribution is 2.40. The predicted molar refractivity (Wildman–Crippen MR) is 77.1 cm³/mol. The Morgan fingerprint density at radius 1 is 1.35 bits per heavy atom. The van der Waals surface area contributed by atoms with Crippen LogP contribution in [0, 0.1) is 0 Å². The Labute approximate surface area is 122 Å². The van der Waals surface area contributed by atoms with Gasteiger partial charge in [0.15, 0.2) is 5.69 Å². The summed E-state index contributed by atoms with van der Waals surface area (Å²) in [6.07, 6.45) is 4.54. The molecule has 2 heterocycles. The van der Waals surface area contributed by atoms with Crippen LogP contribution in [0.1, 0.15) is 47.8 Å². The highest BCUT2D eigenvalue weighted by Gasteiger charge is 2.28. The molecule has 1 N–H and O–H groups in total. The molecule has 110 valence electrons. The van der Waals surface area contributed by atoms with Crippen molar-refractivity contribution in [2.24, 2.45) is 0 Å². The van der Waals surface area contributed by atoms with Crippen molar-refractivity contribution in [1.29, 1.82) is 0 Å². The van der Waals surface area contributed by atoms with Crippen LogP contribution < -0.4 is 5.32 Å². The lowest BCUT2D eigenvalue weighted by molar-refractivity contribution is 0.0946. The molecule has 0 atom stereocenters. The first-order valence-electron chi connectivity index (χ1n) is 7.27. The molecule has 3 rings (SSSR count). The number of nitrogens with one attached hydrogen (secondary N) is 1. The quantitative estimate of drug-likeness (QED) is 0.815. The van der Waals surface area contributed by atoms with E-state index in [-0.39, 0.29) is 5.91 Å². The van der Waals surface area contributed by atoms with Gasteiger partial charge in [-0.15, -0.1) is 0 Å². The lowest BCUT2D eigenvalue weighted by Crippen LogP contribution is -2.27. The Morgan fingerprint density at radius 3 is 2.90 bits per heavy atom. The number of hydrogen-bond acceptors (Lipinski definition) is 5. The van der Waals surface area contributed by atoms with Crippen LogP contribution in [0.5, 0.6) is 0 Å². The zero-order valence-electron chi connectivity index (χ0n) is 11.5. The van der Waals surface area contributed by atoms with Gasteiger partial charge in [0.1, 0.15) is 5.76 Å². The van der Waals surface area contributed by atoms with Crippen LogP contribution in [0.2, 0.25) is 0 Å². The summed E-state index contributed by atoms with van der Waals surface area (Å²) in [6.45, 7) is 2.41. The number of carbonyl (C=O) groups is 1. The van der Waals surface area contributed by atoms with Gasteiger partial charge in [-0.05, 0) is 25.7 Å². The molecule has 1 amide bonds. The summed E-state index contributed by atoms with van der Waals surface area (Å²) < 4.78 is 10.5. The van der Waals surface area contributed by atoms with Crippen LogP contribution in [-0.2, 0) is 4.74 Å². The van der Waals surface area contributed by atoms with Crippen molar-refractivity contribution < 1.29 is 14.1 Å². The van der Waals surface area contributed by atoms with E-state index in [1.54, 1.807) is 6.07 Å². The second kappa shape index (κ2) is 6.63. The largest absolute Gasteiger partial charge is 0.381 e. The zero-order valence-corrected chi connectivity index (χ0v) is 12.3. The molecule has 20 heavy (non-hydrogen) atoms. The van der Waals surface area contributed by atoms with Gasteiger partial charge in [0, 0.05) is 42.7 Å². The van der Waals surface area contributed by atoms with Gasteiger partial charge in [-0.2, -0.15) is 11.8 Å². The normalized spacial score (nSPS) is 20.0.